The van der Waals surface area contributed by atoms with E-state index in [0.29, 0.717) is 16.4 Å². The molecule has 1 rings (SSSR count). The summed E-state index contributed by atoms with van der Waals surface area (Å²) in [6.07, 6.45) is -0.652. The lowest BCUT2D eigenvalue weighted by Gasteiger charge is -2.21. The summed E-state index contributed by atoms with van der Waals surface area (Å²) in [7, 11) is 0. The van der Waals surface area contributed by atoms with Gasteiger partial charge < -0.3 is 21.1 Å². The maximum Gasteiger partial charge on any atom is 0.408 e. The first-order valence-corrected chi connectivity index (χ1v) is 6.81. The van der Waals surface area contributed by atoms with Gasteiger partial charge in [0.2, 0.25) is 5.91 Å². The Labute approximate surface area is 129 Å². The van der Waals surface area contributed by atoms with E-state index >= 15 is 0 Å². The van der Waals surface area contributed by atoms with Gasteiger partial charge in [0.1, 0.15) is 11.6 Å². The molecule has 21 heavy (non-hydrogen) atoms. The molecule has 1 aromatic rings. The van der Waals surface area contributed by atoms with Crippen molar-refractivity contribution in [1.82, 2.24) is 5.32 Å². The minimum absolute atomic E-state index is 0.348. The molecule has 0 fully saturated rings. The van der Waals surface area contributed by atoms with Crippen molar-refractivity contribution in [3.63, 3.8) is 0 Å². The Bertz CT molecular complexity index is 541. The van der Waals surface area contributed by atoms with Gasteiger partial charge in [-0.1, -0.05) is 11.6 Å². The van der Waals surface area contributed by atoms with Gasteiger partial charge in [0, 0.05) is 5.69 Å². The molecule has 0 spiro atoms. The second-order valence-electron chi connectivity index (χ2n) is 5.59. The molecule has 4 N–H and O–H groups in total. The topological polar surface area (TPSA) is 93.4 Å². The summed E-state index contributed by atoms with van der Waals surface area (Å²) in [6.45, 7) is 6.78. The number of hydrogen-bond donors (Lipinski definition) is 3. The number of halogens is 1. The lowest BCUT2D eigenvalue weighted by molar-refractivity contribution is -0.117. The number of rotatable bonds is 3. The second-order valence-corrected chi connectivity index (χ2v) is 6.00. The molecule has 0 radical (unpaired) electrons. The van der Waals surface area contributed by atoms with E-state index in [1.54, 1.807) is 39.8 Å². The molecule has 2 amide bonds. The van der Waals surface area contributed by atoms with Gasteiger partial charge >= 0.3 is 6.09 Å². The summed E-state index contributed by atoms with van der Waals surface area (Å²) in [4.78, 5) is 23.5. The van der Waals surface area contributed by atoms with Gasteiger partial charge in [0.25, 0.3) is 0 Å². The van der Waals surface area contributed by atoms with Crippen molar-refractivity contribution < 1.29 is 14.3 Å². The molecule has 0 heterocycles. The van der Waals surface area contributed by atoms with Crippen LogP contribution in [-0.4, -0.2) is 23.6 Å². The van der Waals surface area contributed by atoms with E-state index in [1.165, 1.54) is 6.07 Å². The fraction of sp³-hybridized carbons (Fsp3) is 0.429. The van der Waals surface area contributed by atoms with Gasteiger partial charge in [-0.2, -0.15) is 0 Å². The van der Waals surface area contributed by atoms with E-state index in [9.17, 15) is 9.59 Å². The Hall–Kier alpha value is -1.95. The molecule has 0 bridgehead atoms. The normalized spacial score (nSPS) is 12.4. The van der Waals surface area contributed by atoms with Crippen molar-refractivity contribution in [2.24, 2.45) is 0 Å². The van der Waals surface area contributed by atoms with Crippen LogP contribution in [0.5, 0.6) is 0 Å². The molecule has 1 aromatic carbocycles. The standard InChI is InChI=1S/C14H20ClN3O3/c1-8(17-13(20)21-14(2,3)4)12(19)18-9-5-6-11(16)10(15)7-9/h5-8H,16H2,1-4H3,(H,17,20)(H,18,19). The molecule has 0 aromatic heterocycles. The van der Waals surface area contributed by atoms with Crippen LogP contribution in [-0.2, 0) is 9.53 Å². The highest BCUT2D eigenvalue weighted by molar-refractivity contribution is 6.33. The minimum atomic E-state index is -0.754. The fourth-order valence-electron chi connectivity index (χ4n) is 1.41. The Morgan fingerprint density at radius 3 is 2.48 bits per heavy atom. The van der Waals surface area contributed by atoms with Crippen LogP contribution < -0.4 is 16.4 Å². The van der Waals surface area contributed by atoms with Gasteiger partial charge in [-0.15, -0.1) is 0 Å². The number of alkyl carbamates (subject to hydrolysis) is 1. The van der Waals surface area contributed by atoms with E-state index in [2.05, 4.69) is 10.6 Å². The maximum absolute atomic E-state index is 12.0. The Morgan fingerprint density at radius 1 is 1.33 bits per heavy atom. The Balaban J connectivity index is 2.58. The van der Waals surface area contributed by atoms with Crippen molar-refractivity contribution >= 4 is 35.0 Å². The number of benzene rings is 1. The number of nitrogens with one attached hydrogen (secondary N) is 2. The van der Waals surface area contributed by atoms with Crippen LogP contribution in [0.1, 0.15) is 27.7 Å². The zero-order chi connectivity index (χ0) is 16.2. The molecule has 1 unspecified atom stereocenters. The van der Waals surface area contributed by atoms with E-state index < -0.39 is 17.7 Å². The van der Waals surface area contributed by atoms with Gasteiger partial charge in [0.05, 0.1) is 10.7 Å². The predicted octanol–water partition coefficient (Wildman–Crippen LogP) is 2.77. The van der Waals surface area contributed by atoms with Crippen molar-refractivity contribution in [2.45, 2.75) is 39.3 Å². The second kappa shape index (κ2) is 6.67. The summed E-state index contributed by atoms with van der Waals surface area (Å²) in [5.74, 6) is -0.387. The van der Waals surface area contributed by atoms with E-state index in [4.69, 9.17) is 22.1 Å². The molecular weight excluding hydrogens is 294 g/mol. The minimum Gasteiger partial charge on any atom is -0.444 e. The third kappa shape index (κ3) is 5.91. The summed E-state index contributed by atoms with van der Waals surface area (Å²) in [5, 5.41) is 5.43. The lowest BCUT2D eigenvalue weighted by Crippen LogP contribution is -2.43. The van der Waals surface area contributed by atoms with Crippen LogP contribution in [0.25, 0.3) is 0 Å². The van der Waals surface area contributed by atoms with Crippen LogP contribution in [0.4, 0.5) is 16.2 Å². The molecular formula is C14H20ClN3O3. The molecule has 0 aliphatic carbocycles. The zero-order valence-corrected chi connectivity index (χ0v) is 13.2. The van der Waals surface area contributed by atoms with E-state index in [-0.39, 0.29) is 5.91 Å². The number of ether oxygens (including phenoxy) is 1. The highest BCUT2D eigenvalue weighted by atomic mass is 35.5. The van der Waals surface area contributed by atoms with Crippen LogP contribution >= 0.6 is 11.6 Å². The molecule has 1 atom stereocenters. The van der Waals surface area contributed by atoms with Gasteiger partial charge in [-0.3, -0.25) is 4.79 Å². The lowest BCUT2D eigenvalue weighted by atomic mass is 10.2. The fourth-order valence-corrected chi connectivity index (χ4v) is 1.59. The Morgan fingerprint density at radius 2 is 1.95 bits per heavy atom. The molecule has 6 nitrogen and oxygen atoms in total. The SMILES string of the molecule is CC(NC(=O)OC(C)(C)C)C(=O)Nc1ccc(N)c(Cl)c1. The smallest absolute Gasteiger partial charge is 0.408 e. The van der Waals surface area contributed by atoms with Gasteiger partial charge in [-0.25, -0.2) is 4.79 Å². The largest absolute Gasteiger partial charge is 0.444 e. The molecule has 116 valence electrons. The van der Waals surface area contributed by atoms with Crippen molar-refractivity contribution in [1.29, 1.82) is 0 Å². The number of hydrogen-bond acceptors (Lipinski definition) is 4. The van der Waals surface area contributed by atoms with Crippen LogP contribution in [0.3, 0.4) is 0 Å². The molecule has 7 heteroatoms. The first kappa shape index (κ1) is 17.1. The average Bonchev–Trinajstić information content (AvgIpc) is 2.31. The number of carbonyl (C=O) groups excluding carboxylic acids is 2. The summed E-state index contributed by atoms with van der Waals surface area (Å²) >= 11 is 5.87. The molecule has 0 aliphatic rings. The number of carbonyl (C=O) groups is 2. The third-order valence-electron chi connectivity index (χ3n) is 2.39. The van der Waals surface area contributed by atoms with Crippen LogP contribution in [0.2, 0.25) is 5.02 Å². The summed E-state index contributed by atoms with van der Waals surface area (Å²) in [5.41, 5.74) is 5.89. The third-order valence-corrected chi connectivity index (χ3v) is 2.72. The predicted molar refractivity (Wildman–Crippen MR) is 83.3 cm³/mol. The summed E-state index contributed by atoms with van der Waals surface area (Å²) < 4.78 is 5.08. The maximum atomic E-state index is 12.0. The summed E-state index contributed by atoms with van der Waals surface area (Å²) in [6, 6.07) is 3.99. The van der Waals surface area contributed by atoms with E-state index in [1.807, 2.05) is 0 Å². The van der Waals surface area contributed by atoms with Crippen LogP contribution in [0.15, 0.2) is 18.2 Å². The highest BCUT2D eigenvalue weighted by Gasteiger charge is 2.21. The number of amides is 2. The first-order chi connectivity index (χ1) is 9.58. The quantitative estimate of drug-likeness (QED) is 0.748. The number of nitrogens with two attached hydrogens (primary N) is 1. The van der Waals surface area contributed by atoms with Crippen LogP contribution in [0, 0.1) is 0 Å². The first-order valence-electron chi connectivity index (χ1n) is 6.44. The van der Waals surface area contributed by atoms with Gasteiger partial charge in [-0.05, 0) is 45.9 Å². The monoisotopic (exact) mass is 313 g/mol. The molecule has 0 saturated carbocycles. The highest BCUT2D eigenvalue weighted by Crippen LogP contribution is 2.22. The van der Waals surface area contributed by atoms with Crippen molar-refractivity contribution in [3.8, 4) is 0 Å². The number of nitrogen functional groups attached to an aromatic ring is 1. The van der Waals surface area contributed by atoms with Crippen molar-refractivity contribution in [3.05, 3.63) is 23.2 Å². The average molecular weight is 314 g/mol. The van der Waals surface area contributed by atoms with Crippen molar-refractivity contribution in [2.75, 3.05) is 11.1 Å². The molecule has 0 aliphatic heterocycles. The molecule has 0 saturated heterocycles. The Kier molecular flexibility index (Phi) is 5.43. The van der Waals surface area contributed by atoms with E-state index in [0.717, 1.165) is 0 Å². The number of anilines is 2. The van der Waals surface area contributed by atoms with Gasteiger partial charge in [0.15, 0.2) is 0 Å². The zero-order valence-electron chi connectivity index (χ0n) is 12.5.